The zero-order valence-electron chi connectivity index (χ0n) is 14.9. The Balaban J connectivity index is 1.68. The summed E-state index contributed by atoms with van der Waals surface area (Å²) in [6, 6.07) is 9.72. The molecule has 2 heterocycles. The highest BCUT2D eigenvalue weighted by Crippen LogP contribution is 2.23. The number of hydrogen-bond donors (Lipinski definition) is 1. The van der Waals surface area contributed by atoms with Crippen LogP contribution in [-0.4, -0.2) is 45.5 Å². The van der Waals surface area contributed by atoms with E-state index in [0.29, 0.717) is 23.1 Å². The standard InChI is InChI=1S/C18H21ClN2O4S2/c1-21(12-15-7-8-17(19)26-15)18(22)13-4-2-6-16(10-13)27(23,24)20-11-14-5-3-9-25-14/h2,4,6-8,10,14,20H,3,5,9,11-12H2,1H3. The van der Waals surface area contributed by atoms with Gasteiger partial charge in [0.15, 0.2) is 0 Å². The summed E-state index contributed by atoms with van der Waals surface area (Å²) >= 11 is 7.33. The van der Waals surface area contributed by atoms with Crippen molar-refractivity contribution >= 4 is 38.9 Å². The molecule has 1 atom stereocenters. The molecule has 1 saturated heterocycles. The molecule has 1 N–H and O–H groups in total. The van der Waals surface area contributed by atoms with Crippen LogP contribution in [0, 0.1) is 0 Å². The Kier molecular flexibility index (Phi) is 6.54. The number of nitrogens with zero attached hydrogens (tertiary/aromatic N) is 1. The second-order valence-electron chi connectivity index (χ2n) is 6.38. The number of ether oxygens (including phenoxy) is 1. The number of hydrogen-bond acceptors (Lipinski definition) is 5. The van der Waals surface area contributed by atoms with E-state index in [1.165, 1.54) is 28.4 Å². The predicted molar refractivity (Wildman–Crippen MR) is 106 cm³/mol. The van der Waals surface area contributed by atoms with Crippen molar-refractivity contribution < 1.29 is 17.9 Å². The van der Waals surface area contributed by atoms with Crippen LogP contribution in [0.25, 0.3) is 0 Å². The average Bonchev–Trinajstić information content (AvgIpc) is 3.31. The van der Waals surface area contributed by atoms with Gasteiger partial charge in [-0.3, -0.25) is 4.79 Å². The SMILES string of the molecule is CN(Cc1ccc(Cl)s1)C(=O)c1cccc(S(=O)(=O)NCC2CCCO2)c1. The Labute approximate surface area is 168 Å². The fourth-order valence-electron chi connectivity index (χ4n) is 2.85. The maximum Gasteiger partial charge on any atom is 0.253 e. The van der Waals surface area contributed by atoms with Crippen molar-refractivity contribution in [2.45, 2.75) is 30.4 Å². The number of nitrogens with one attached hydrogen (secondary N) is 1. The molecule has 1 aromatic heterocycles. The summed E-state index contributed by atoms with van der Waals surface area (Å²) in [5, 5.41) is 0. The first kappa shape index (κ1) is 20.3. The third-order valence-corrected chi connectivity index (χ3v) is 6.92. The summed E-state index contributed by atoms with van der Waals surface area (Å²) in [4.78, 5) is 15.2. The van der Waals surface area contributed by atoms with E-state index >= 15 is 0 Å². The second-order valence-corrected chi connectivity index (χ2v) is 9.95. The lowest BCUT2D eigenvalue weighted by Gasteiger charge is -2.17. The fraction of sp³-hybridized carbons (Fsp3) is 0.389. The van der Waals surface area contributed by atoms with Crippen LogP contribution in [-0.2, 0) is 21.3 Å². The van der Waals surface area contributed by atoms with Gasteiger partial charge in [-0.15, -0.1) is 11.3 Å². The molecule has 6 nitrogen and oxygen atoms in total. The molecule has 27 heavy (non-hydrogen) atoms. The maximum absolute atomic E-state index is 12.7. The van der Waals surface area contributed by atoms with Crippen LogP contribution in [0.2, 0.25) is 4.34 Å². The van der Waals surface area contributed by atoms with E-state index in [9.17, 15) is 13.2 Å². The number of amides is 1. The number of sulfonamides is 1. The summed E-state index contributed by atoms with van der Waals surface area (Å²) in [5.74, 6) is -0.254. The maximum atomic E-state index is 12.7. The summed E-state index contributed by atoms with van der Waals surface area (Å²) in [6.45, 7) is 1.31. The van der Waals surface area contributed by atoms with E-state index in [0.717, 1.165) is 17.7 Å². The number of rotatable bonds is 7. The Morgan fingerprint density at radius 2 is 2.19 bits per heavy atom. The summed E-state index contributed by atoms with van der Waals surface area (Å²) in [5.41, 5.74) is 0.320. The third kappa shape index (κ3) is 5.30. The van der Waals surface area contributed by atoms with Crippen LogP contribution in [0.3, 0.4) is 0 Å². The number of carbonyl (C=O) groups is 1. The van der Waals surface area contributed by atoms with Gasteiger partial charge in [0, 0.05) is 30.6 Å². The number of thiophene rings is 1. The minimum Gasteiger partial charge on any atom is -0.377 e. The molecule has 1 unspecified atom stereocenters. The van der Waals surface area contributed by atoms with Crippen molar-refractivity contribution in [2.75, 3.05) is 20.2 Å². The molecule has 3 rings (SSSR count). The fourth-order valence-corrected chi connectivity index (χ4v) is 5.10. The second kappa shape index (κ2) is 8.70. The van der Waals surface area contributed by atoms with E-state index < -0.39 is 10.0 Å². The molecule has 1 aliphatic rings. The van der Waals surface area contributed by atoms with Crippen molar-refractivity contribution in [2.24, 2.45) is 0 Å². The largest absolute Gasteiger partial charge is 0.377 e. The van der Waals surface area contributed by atoms with E-state index in [4.69, 9.17) is 16.3 Å². The zero-order chi connectivity index (χ0) is 19.4. The van der Waals surface area contributed by atoms with Crippen LogP contribution < -0.4 is 4.72 Å². The van der Waals surface area contributed by atoms with Crippen molar-refractivity contribution in [3.63, 3.8) is 0 Å². The van der Waals surface area contributed by atoms with Gasteiger partial charge in [-0.1, -0.05) is 17.7 Å². The van der Waals surface area contributed by atoms with Crippen molar-refractivity contribution in [1.82, 2.24) is 9.62 Å². The van der Waals surface area contributed by atoms with Crippen molar-refractivity contribution in [3.05, 3.63) is 51.2 Å². The molecular formula is C18H21ClN2O4S2. The number of benzene rings is 1. The monoisotopic (exact) mass is 428 g/mol. The molecule has 0 radical (unpaired) electrons. The van der Waals surface area contributed by atoms with Gasteiger partial charge in [-0.2, -0.15) is 0 Å². The lowest BCUT2D eigenvalue weighted by atomic mass is 10.2. The average molecular weight is 429 g/mol. The van der Waals surface area contributed by atoms with E-state index in [1.807, 2.05) is 6.07 Å². The Morgan fingerprint density at radius 3 is 2.85 bits per heavy atom. The molecule has 146 valence electrons. The molecular weight excluding hydrogens is 408 g/mol. The quantitative estimate of drug-likeness (QED) is 0.735. The highest BCUT2D eigenvalue weighted by atomic mass is 35.5. The highest BCUT2D eigenvalue weighted by Gasteiger charge is 2.22. The third-order valence-electron chi connectivity index (χ3n) is 4.28. The molecule has 2 aromatic rings. The highest BCUT2D eigenvalue weighted by molar-refractivity contribution is 7.89. The van der Waals surface area contributed by atoms with Crippen LogP contribution in [0.15, 0.2) is 41.3 Å². The Hall–Kier alpha value is -1.45. The van der Waals surface area contributed by atoms with Gasteiger partial charge in [0.1, 0.15) is 0 Å². The lowest BCUT2D eigenvalue weighted by Crippen LogP contribution is -2.32. The number of carbonyl (C=O) groups excluding carboxylic acids is 1. The van der Waals surface area contributed by atoms with Gasteiger partial charge in [0.05, 0.1) is 21.9 Å². The topological polar surface area (TPSA) is 75.7 Å². The Morgan fingerprint density at radius 1 is 1.37 bits per heavy atom. The lowest BCUT2D eigenvalue weighted by molar-refractivity contribution is 0.0786. The van der Waals surface area contributed by atoms with E-state index in [2.05, 4.69) is 4.72 Å². The van der Waals surface area contributed by atoms with Gasteiger partial charge in [0.2, 0.25) is 10.0 Å². The minimum atomic E-state index is -3.70. The van der Waals surface area contributed by atoms with Crippen LogP contribution in [0.4, 0.5) is 0 Å². The van der Waals surface area contributed by atoms with Crippen LogP contribution >= 0.6 is 22.9 Å². The predicted octanol–water partition coefficient (Wildman–Crippen LogP) is 3.13. The van der Waals surface area contributed by atoms with Crippen LogP contribution in [0.1, 0.15) is 28.1 Å². The Bertz CT molecular complexity index is 908. The molecule has 1 amide bonds. The van der Waals surface area contributed by atoms with Gasteiger partial charge >= 0.3 is 0 Å². The first-order valence-electron chi connectivity index (χ1n) is 8.56. The molecule has 0 saturated carbocycles. The number of halogens is 1. The molecule has 0 spiro atoms. The van der Waals surface area contributed by atoms with Gasteiger partial charge in [-0.05, 0) is 43.2 Å². The van der Waals surface area contributed by atoms with Gasteiger partial charge in [-0.25, -0.2) is 13.1 Å². The molecule has 0 aliphatic carbocycles. The minimum absolute atomic E-state index is 0.0684. The van der Waals surface area contributed by atoms with Crippen molar-refractivity contribution in [3.8, 4) is 0 Å². The molecule has 0 bridgehead atoms. The summed E-state index contributed by atoms with van der Waals surface area (Å²) in [7, 11) is -2.03. The smallest absolute Gasteiger partial charge is 0.253 e. The van der Waals surface area contributed by atoms with E-state index in [-0.39, 0.29) is 23.5 Å². The van der Waals surface area contributed by atoms with Crippen LogP contribution in [0.5, 0.6) is 0 Å². The van der Waals surface area contributed by atoms with E-state index in [1.54, 1.807) is 25.2 Å². The molecule has 1 aliphatic heterocycles. The molecule has 1 fully saturated rings. The molecule has 1 aromatic carbocycles. The first-order valence-corrected chi connectivity index (χ1v) is 11.2. The van der Waals surface area contributed by atoms with Crippen molar-refractivity contribution in [1.29, 1.82) is 0 Å². The first-order chi connectivity index (χ1) is 12.8. The van der Waals surface area contributed by atoms with Gasteiger partial charge < -0.3 is 9.64 Å². The summed E-state index contributed by atoms with van der Waals surface area (Å²) in [6.07, 6.45) is 1.70. The summed E-state index contributed by atoms with van der Waals surface area (Å²) < 4.78 is 33.7. The normalized spacial score (nSPS) is 17.2. The zero-order valence-corrected chi connectivity index (χ0v) is 17.2. The van der Waals surface area contributed by atoms with Gasteiger partial charge in [0.25, 0.3) is 5.91 Å². The molecule has 9 heteroatoms.